The van der Waals surface area contributed by atoms with Crippen molar-refractivity contribution in [2.24, 2.45) is 0 Å². The number of piperidine rings is 1. The van der Waals surface area contributed by atoms with E-state index in [9.17, 15) is 4.79 Å². The van der Waals surface area contributed by atoms with Gasteiger partial charge in [0.25, 0.3) is 0 Å². The molecule has 1 amide bonds. The molecule has 4 rings (SSSR count). The van der Waals surface area contributed by atoms with Gasteiger partial charge in [-0.1, -0.05) is 29.8 Å². The number of amides is 1. The summed E-state index contributed by atoms with van der Waals surface area (Å²) < 4.78 is 2.03. The van der Waals surface area contributed by atoms with E-state index >= 15 is 0 Å². The zero-order valence-electron chi connectivity index (χ0n) is 14.9. The van der Waals surface area contributed by atoms with Crippen LogP contribution >= 0.6 is 23.4 Å². The number of aromatic nitrogens is 3. The number of likely N-dealkylation sites (tertiary alicyclic amines) is 1. The number of hydrogen-bond donors (Lipinski definition) is 0. The van der Waals surface area contributed by atoms with Crippen LogP contribution in [0.1, 0.15) is 30.1 Å². The molecule has 1 aliphatic rings. The maximum atomic E-state index is 12.7. The smallest absolute Gasteiger partial charge is 0.232 e. The fraction of sp³-hybridized carbons (Fsp3) is 0.350. The van der Waals surface area contributed by atoms with Crippen LogP contribution in [0.5, 0.6) is 0 Å². The topological polar surface area (TPSA) is 50.5 Å². The van der Waals surface area contributed by atoms with E-state index in [-0.39, 0.29) is 11.8 Å². The summed E-state index contributed by atoms with van der Waals surface area (Å²) in [7, 11) is 0. The monoisotopic (exact) mass is 400 g/mol. The van der Waals surface area contributed by atoms with Gasteiger partial charge < -0.3 is 4.90 Å². The molecule has 0 radical (unpaired) electrons. The van der Waals surface area contributed by atoms with E-state index in [4.69, 9.17) is 11.6 Å². The molecule has 1 aliphatic heterocycles. The van der Waals surface area contributed by atoms with Crippen molar-refractivity contribution in [3.63, 3.8) is 0 Å². The number of thioether (sulfide) groups is 1. The van der Waals surface area contributed by atoms with E-state index in [0.29, 0.717) is 12.3 Å². The Morgan fingerprint density at radius 1 is 1.22 bits per heavy atom. The number of fused-ring (bicyclic) bond motifs is 1. The number of halogens is 1. The van der Waals surface area contributed by atoms with Crippen molar-refractivity contribution in [2.75, 3.05) is 18.8 Å². The van der Waals surface area contributed by atoms with E-state index in [1.165, 1.54) is 0 Å². The molecule has 7 heteroatoms. The molecule has 0 aliphatic carbocycles. The van der Waals surface area contributed by atoms with Crippen LogP contribution in [0.4, 0.5) is 0 Å². The summed E-state index contributed by atoms with van der Waals surface area (Å²) in [6.07, 6.45) is 4.03. The third-order valence-electron chi connectivity index (χ3n) is 4.86. The minimum atomic E-state index is 0.195. The first-order valence-corrected chi connectivity index (χ1v) is 10.6. The predicted octanol–water partition coefficient (Wildman–Crippen LogP) is 4.02. The van der Waals surface area contributed by atoms with Gasteiger partial charge in [0.15, 0.2) is 5.65 Å². The molecule has 1 unspecified atom stereocenters. The van der Waals surface area contributed by atoms with Crippen LogP contribution in [0.25, 0.3) is 5.65 Å². The fourth-order valence-electron chi connectivity index (χ4n) is 3.53. The van der Waals surface area contributed by atoms with Crippen molar-refractivity contribution in [3.05, 3.63) is 65.1 Å². The highest BCUT2D eigenvalue weighted by molar-refractivity contribution is 7.99. The lowest BCUT2D eigenvalue weighted by Crippen LogP contribution is -2.40. The van der Waals surface area contributed by atoms with Gasteiger partial charge in [0.1, 0.15) is 5.82 Å². The second-order valence-electron chi connectivity index (χ2n) is 6.79. The summed E-state index contributed by atoms with van der Waals surface area (Å²) in [5.41, 5.74) is 2.00. The van der Waals surface area contributed by atoms with Crippen LogP contribution in [0.15, 0.2) is 48.7 Å². The van der Waals surface area contributed by atoms with E-state index in [0.717, 1.165) is 47.2 Å². The average Bonchev–Trinajstić information content (AvgIpc) is 3.12. The van der Waals surface area contributed by atoms with Crippen LogP contribution in [-0.4, -0.2) is 44.2 Å². The molecule has 0 spiro atoms. The van der Waals surface area contributed by atoms with Crippen LogP contribution < -0.4 is 0 Å². The number of pyridine rings is 1. The van der Waals surface area contributed by atoms with E-state index in [1.54, 1.807) is 11.8 Å². The molecule has 2 aromatic heterocycles. The molecule has 1 saturated heterocycles. The highest BCUT2D eigenvalue weighted by Gasteiger charge is 2.27. The molecule has 1 aromatic carbocycles. The van der Waals surface area contributed by atoms with Crippen LogP contribution in [0, 0.1) is 0 Å². The van der Waals surface area contributed by atoms with Crippen molar-refractivity contribution in [2.45, 2.75) is 24.5 Å². The van der Waals surface area contributed by atoms with Gasteiger partial charge in [-0.2, -0.15) is 0 Å². The number of carbonyl (C=O) groups is 1. The summed E-state index contributed by atoms with van der Waals surface area (Å²) in [4.78, 5) is 14.6. The first-order chi connectivity index (χ1) is 13.2. The molecule has 0 N–H and O–H groups in total. The standard InChI is InChI=1S/C20H21ClN4OS/c21-17-7-3-5-15(11-17)13-27-14-19(26)24-9-4-6-16(12-24)20-23-22-18-8-1-2-10-25(18)20/h1-3,5,7-8,10-11,16H,4,6,9,12-14H2. The highest BCUT2D eigenvalue weighted by atomic mass is 35.5. The Bertz CT molecular complexity index is 944. The molecule has 5 nitrogen and oxygen atoms in total. The van der Waals surface area contributed by atoms with Crippen LogP contribution in [0.2, 0.25) is 5.02 Å². The number of rotatable bonds is 5. The normalized spacial score (nSPS) is 17.4. The number of nitrogens with zero attached hydrogens (tertiary/aromatic N) is 4. The summed E-state index contributed by atoms with van der Waals surface area (Å²) in [6.45, 7) is 1.54. The molecule has 140 valence electrons. The predicted molar refractivity (Wildman–Crippen MR) is 109 cm³/mol. The number of benzene rings is 1. The third kappa shape index (κ3) is 4.28. The second-order valence-corrected chi connectivity index (χ2v) is 8.21. The zero-order chi connectivity index (χ0) is 18.6. The van der Waals surface area contributed by atoms with Gasteiger partial charge in [0.2, 0.25) is 5.91 Å². The molecule has 3 heterocycles. The summed E-state index contributed by atoms with van der Waals surface area (Å²) >= 11 is 7.65. The quantitative estimate of drug-likeness (QED) is 0.649. The van der Waals surface area contributed by atoms with E-state index < -0.39 is 0 Å². The minimum absolute atomic E-state index is 0.195. The molecule has 0 bridgehead atoms. The van der Waals surface area contributed by atoms with Crippen LogP contribution in [-0.2, 0) is 10.5 Å². The van der Waals surface area contributed by atoms with Gasteiger partial charge in [-0.15, -0.1) is 22.0 Å². The lowest BCUT2D eigenvalue weighted by molar-refractivity contribution is -0.129. The largest absolute Gasteiger partial charge is 0.341 e. The SMILES string of the molecule is O=C(CSCc1cccc(Cl)c1)N1CCCC(c2nnc3ccccn23)C1. The van der Waals surface area contributed by atoms with Gasteiger partial charge in [-0.3, -0.25) is 9.20 Å². The number of carbonyl (C=O) groups excluding carboxylic acids is 1. The fourth-order valence-corrected chi connectivity index (χ4v) is 4.61. The first kappa shape index (κ1) is 18.3. The van der Waals surface area contributed by atoms with Crippen molar-refractivity contribution < 1.29 is 4.79 Å². The Morgan fingerprint density at radius 3 is 3.04 bits per heavy atom. The molecule has 3 aromatic rings. The van der Waals surface area contributed by atoms with Crippen molar-refractivity contribution in [1.82, 2.24) is 19.5 Å². The van der Waals surface area contributed by atoms with Gasteiger partial charge >= 0.3 is 0 Å². The first-order valence-electron chi connectivity index (χ1n) is 9.10. The summed E-state index contributed by atoms with van der Waals surface area (Å²) in [5.74, 6) is 2.66. The Balaban J connectivity index is 1.35. The second kappa shape index (κ2) is 8.31. The Morgan fingerprint density at radius 2 is 2.15 bits per heavy atom. The van der Waals surface area contributed by atoms with Crippen molar-refractivity contribution in [3.8, 4) is 0 Å². The molecular formula is C20H21ClN4OS. The maximum absolute atomic E-state index is 12.7. The van der Waals surface area contributed by atoms with E-state index in [1.807, 2.05) is 58.0 Å². The molecule has 0 saturated carbocycles. The Labute approximate surface area is 167 Å². The third-order valence-corrected chi connectivity index (χ3v) is 6.09. The lowest BCUT2D eigenvalue weighted by atomic mass is 9.97. The number of hydrogen-bond acceptors (Lipinski definition) is 4. The summed E-state index contributed by atoms with van der Waals surface area (Å²) in [6, 6.07) is 13.7. The van der Waals surface area contributed by atoms with Gasteiger partial charge in [0.05, 0.1) is 5.75 Å². The lowest BCUT2D eigenvalue weighted by Gasteiger charge is -2.32. The molecular weight excluding hydrogens is 380 g/mol. The molecule has 1 atom stereocenters. The molecule has 27 heavy (non-hydrogen) atoms. The van der Waals surface area contributed by atoms with Gasteiger partial charge in [-0.25, -0.2) is 0 Å². The van der Waals surface area contributed by atoms with Crippen molar-refractivity contribution >= 4 is 34.9 Å². The van der Waals surface area contributed by atoms with Gasteiger partial charge in [0, 0.05) is 36.0 Å². The average molecular weight is 401 g/mol. The highest BCUT2D eigenvalue weighted by Crippen LogP contribution is 2.27. The Kier molecular flexibility index (Phi) is 5.64. The Hall–Kier alpha value is -2.05. The van der Waals surface area contributed by atoms with Gasteiger partial charge in [-0.05, 0) is 42.7 Å². The summed E-state index contributed by atoms with van der Waals surface area (Å²) in [5, 5.41) is 9.36. The van der Waals surface area contributed by atoms with E-state index in [2.05, 4.69) is 10.2 Å². The maximum Gasteiger partial charge on any atom is 0.232 e. The molecule has 1 fully saturated rings. The van der Waals surface area contributed by atoms with Crippen LogP contribution in [0.3, 0.4) is 0 Å². The zero-order valence-corrected chi connectivity index (χ0v) is 16.5. The minimum Gasteiger partial charge on any atom is -0.341 e. The van der Waals surface area contributed by atoms with Crippen molar-refractivity contribution in [1.29, 1.82) is 0 Å².